The second kappa shape index (κ2) is 14.4. The van der Waals surface area contributed by atoms with E-state index in [0.717, 1.165) is 0 Å². The van der Waals surface area contributed by atoms with Crippen LogP contribution >= 0.6 is 0 Å². The molecule has 2 aromatic rings. The molecule has 2 aromatic carbocycles. The largest absolute Gasteiger partial charge is 0.493 e. The van der Waals surface area contributed by atoms with Crippen molar-refractivity contribution in [2.75, 3.05) is 33.0 Å². The number of esters is 1. The molecule has 0 fully saturated rings. The molecule has 0 aliphatic carbocycles. The maximum Gasteiger partial charge on any atom is 0.344 e. The van der Waals surface area contributed by atoms with Gasteiger partial charge < -0.3 is 23.7 Å². The van der Waals surface area contributed by atoms with Gasteiger partial charge in [-0.2, -0.15) is 0 Å². The Morgan fingerprint density at radius 2 is 1.31 bits per heavy atom. The molecule has 0 atom stereocenters. The summed E-state index contributed by atoms with van der Waals surface area (Å²) in [7, 11) is 0. The molecule has 0 aromatic heterocycles. The highest BCUT2D eigenvalue weighted by molar-refractivity contribution is 6.11. The Hall–Kier alpha value is -3.22. The SMILES string of the molecule is CCOC(=O)COc1cc(C(=O)c2ccc(OCC(C)C)cc2OCC(C)C)ccc1OCC(C)C. The molecule has 0 bridgehead atoms. The molecule has 0 spiro atoms. The minimum Gasteiger partial charge on any atom is -0.493 e. The number of ketones is 1. The Bertz CT molecular complexity index is 995. The number of benzene rings is 2. The van der Waals surface area contributed by atoms with Crippen LogP contribution in [0.4, 0.5) is 0 Å². The molecule has 2 rings (SSSR count). The number of hydrogen-bond donors (Lipinski definition) is 0. The summed E-state index contributed by atoms with van der Waals surface area (Å²) in [6.45, 7) is 15.5. The van der Waals surface area contributed by atoms with Crippen LogP contribution in [0.2, 0.25) is 0 Å². The quantitative estimate of drug-likeness (QED) is 0.220. The molecular formula is C29H40O7. The first-order valence-corrected chi connectivity index (χ1v) is 12.6. The van der Waals surface area contributed by atoms with Crippen molar-refractivity contribution < 1.29 is 33.3 Å². The van der Waals surface area contributed by atoms with Crippen molar-refractivity contribution in [3.05, 3.63) is 47.5 Å². The van der Waals surface area contributed by atoms with E-state index >= 15 is 0 Å². The van der Waals surface area contributed by atoms with Crippen LogP contribution in [0.25, 0.3) is 0 Å². The molecule has 36 heavy (non-hydrogen) atoms. The minimum atomic E-state index is -0.495. The van der Waals surface area contributed by atoms with Crippen LogP contribution in [0, 0.1) is 17.8 Å². The Balaban J connectivity index is 2.37. The molecule has 0 aliphatic rings. The lowest BCUT2D eigenvalue weighted by molar-refractivity contribution is -0.145. The van der Waals surface area contributed by atoms with Gasteiger partial charge >= 0.3 is 5.97 Å². The zero-order valence-electron chi connectivity index (χ0n) is 22.6. The number of carbonyl (C=O) groups is 2. The fourth-order valence-electron chi connectivity index (χ4n) is 3.05. The molecule has 0 saturated heterocycles. The second-order valence-corrected chi connectivity index (χ2v) is 9.86. The van der Waals surface area contributed by atoms with Gasteiger partial charge in [0, 0.05) is 11.6 Å². The van der Waals surface area contributed by atoms with Crippen LogP contribution in [-0.4, -0.2) is 44.8 Å². The lowest BCUT2D eigenvalue weighted by Crippen LogP contribution is -2.16. The molecule has 0 amide bonds. The zero-order valence-corrected chi connectivity index (χ0v) is 22.6. The number of ether oxygens (including phenoxy) is 5. The number of rotatable bonds is 15. The van der Waals surface area contributed by atoms with E-state index in [1.54, 1.807) is 43.3 Å². The third-order valence-corrected chi connectivity index (χ3v) is 4.78. The Kier molecular flexibility index (Phi) is 11.6. The third-order valence-electron chi connectivity index (χ3n) is 4.78. The summed E-state index contributed by atoms with van der Waals surface area (Å²) < 4.78 is 28.3. The van der Waals surface area contributed by atoms with Gasteiger partial charge in [-0.05, 0) is 55.0 Å². The van der Waals surface area contributed by atoms with Crippen LogP contribution in [0.1, 0.15) is 64.4 Å². The first-order chi connectivity index (χ1) is 17.1. The van der Waals surface area contributed by atoms with Gasteiger partial charge in [-0.3, -0.25) is 4.79 Å². The Morgan fingerprint density at radius 3 is 1.92 bits per heavy atom. The van der Waals surface area contributed by atoms with E-state index in [0.29, 0.717) is 65.8 Å². The molecule has 0 unspecified atom stereocenters. The summed E-state index contributed by atoms with van der Waals surface area (Å²) in [5, 5.41) is 0. The van der Waals surface area contributed by atoms with E-state index in [4.69, 9.17) is 23.7 Å². The highest BCUT2D eigenvalue weighted by Gasteiger charge is 2.20. The van der Waals surface area contributed by atoms with Crippen molar-refractivity contribution in [2.45, 2.75) is 48.5 Å². The van der Waals surface area contributed by atoms with E-state index in [2.05, 4.69) is 13.8 Å². The topological polar surface area (TPSA) is 80.3 Å². The van der Waals surface area contributed by atoms with Gasteiger partial charge in [0.05, 0.1) is 32.0 Å². The van der Waals surface area contributed by atoms with Crippen molar-refractivity contribution in [2.24, 2.45) is 17.8 Å². The molecule has 198 valence electrons. The van der Waals surface area contributed by atoms with E-state index in [1.165, 1.54) is 0 Å². The van der Waals surface area contributed by atoms with Crippen LogP contribution in [0.15, 0.2) is 36.4 Å². The maximum absolute atomic E-state index is 13.6. The minimum absolute atomic E-state index is 0.236. The summed E-state index contributed by atoms with van der Waals surface area (Å²) in [5.74, 6) is 2.09. The average Bonchev–Trinajstić information content (AvgIpc) is 2.83. The molecule has 0 heterocycles. The van der Waals surface area contributed by atoms with E-state index in [1.807, 2.05) is 27.7 Å². The lowest BCUT2D eigenvalue weighted by atomic mass is 10.0. The number of carbonyl (C=O) groups excluding carboxylic acids is 2. The van der Waals surface area contributed by atoms with Crippen molar-refractivity contribution in [3.63, 3.8) is 0 Å². The van der Waals surface area contributed by atoms with Crippen LogP contribution in [-0.2, 0) is 9.53 Å². The summed E-state index contributed by atoms with van der Waals surface area (Å²) in [6.07, 6.45) is 0. The standard InChI is InChI=1S/C29H40O7/c1-8-32-28(30)18-36-27-13-22(9-12-25(27)34-16-20(4)5)29(31)24-11-10-23(33-15-19(2)3)14-26(24)35-17-21(6)7/h9-14,19-21H,8,15-18H2,1-7H3. The smallest absolute Gasteiger partial charge is 0.344 e. The van der Waals surface area contributed by atoms with Gasteiger partial charge in [0.25, 0.3) is 0 Å². The Morgan fingerprint density at radius 1 is 0.694 bits per heavy atom. The summed E-state index contributed by atoms with van der Waals surface area (Å²) in [4.78, 5) is 25.4. The summed E-state index contributed by atoms with van der Waals surface area (Å²) >= 11 is 0. The molecular weight excluding hydrogens is 460 g/mol. The monoisotopic (exact) mass is 500 g/mol. The predicted molar refractivity (Wildman–Crippen MR) is 139 cm³/mol. The van der Waals surface area contributed by atoms with Crippen LogP contribution in [0.5, 0.6) is 23.0 Å². The number of hydrogen-bond acceptors (Lipinski definition) is 7. The molecule has 7 heteroatoms. The third kappa shape index (κ3) is 9.44. The van der Waals surface area contributed by atoms with Crippen molar-refractivity contribution in [1.29, 1.82) is 0 Å². The maximum atomic E-state index is 13.6. The normalized spacial score (nSPS) is 11.1. The van der Waals surface area contributed by atoms with Crippen LogP contribution < -0.4 is 18.9 Å². The zero-order chi connectivity index (χ0) is 26.7. The average molecular weight is 501 g/mol. The molecule has 0 N–H and O–H groups in total. The van der Waals surface area contributed by atoms with Crippen molar-refractivity contribution in [1.82, 2.24) is 0 Å². The van der Waals surface area contributed by atoms with Gasteiger partial charge in [-0.25, -0.2) is 4.79 Å². The first-order valence-electron chi connectivity index (χ1n) is 12.6. The van der Waals surface area contributed by atoms with E-state index in [-0.39, 0.29) is 24.9 Å². The van der Waals surface area contributed by atoms with Gasteiger partial charge in [0.1, 0.15) is 11.5 Å². The summed E-state index contributed by atoms with van der Waals surface area (Å²) in [5.41, 5.74) is 0.802. The van der Waals surface area contributed by atoms with Crippen LogP contribution in [0.3, 0.4) is 0 Å². The second-order valence-electron chi connectivity index (χ2n) is 9.86. The van der Waals surface area contributed by atoms with Gasteiger partial charge in [0.15, 0.2) is 23.9 Å². The van der Waals surface area contributed by atoms with Crippen molar-refractivity contribution >= 4 is 11.8 Å². The highest BCUT2D eigenvalue weighted by atomic mass is 16.6. The molecule has 7 nitrogen and oxygen atoms in total. The lowest BCUT2D eigenvalue weighted by Gasteiger charge is -2.17. The predicted octanol–water partition coefficient (Wildman–Crippen LogP) is 5.96. The van der Waals surface area contributed by atoms with Gasteiger partial charge in [-0.15, -0.1) is 0 Å². The van der Waals surface area contributed by atoms with E-state index in [9.17, 15) is 9.59 Å². The molecule has 0 aliphatic heterocycles. The fourth-order valence-corrected chi connectivity index (χ4v) is 3.05. The van der Waals surface area contributed by atoms with Gasteiger partial charge in [-0.1, -0.05) is 41.5 Å². The fraction of sp³-hybridized carbons (Fsp3) is 0.517. The Labute approximate surface area is 215 Å². The summed E-state index contributed by atoms with van der Waals surface area (Å²) in [6, 6.07) is 10.2. The van der Waals surface area contributed by atoms with E-state index < -0.39 is 5.97 Å². The first kappa shape index (κ1) is 29.0. The highest BCUT2D eigenvalue weighted by Crippen LogP contribution is 2.33. The molecule has 0 saturated carbocycles. The van der Waals surface area contributed by atoms with Gasteiger partial charge in [0.2, 0.25) is 0 Å². The molecule has 0 radical (unpaired) electrons. The van der Waals surface area contributed by atoms with Crippen molar-refractivity contribution in [3.8, 4) is 23.0 Å².